The molecule has 0 bridgehead atoms. The van der Waals surface area contributed by atoms with E-state index in [9.17, 15) is 0 Å². The van der Waals surface area contributed by atoms with E-state index >= 15 is 0 Å². The van der Waals surface area contributed by atoms with Crippen molar-refractivity contribution < 1.29 is 0 Å². The zero-order chi connectivity index (χ0) is 17.6. The van der Waals surface area contributed by atoms with Gasteiger partial charge in [-0.1, -0.05) is 20.8 Å². The molecule has 7 heteroatoms. The van der Waals surface area contributed by atoms with Crippen molar-refractivity contribution in [1.29, 1.82) is 0 Å². The molecule has 1 aliphatic rings. The molecule has 0 aliphatic heterocycles. The highest BCUT2D eigenvalue weighted by atomic mass is 127. The van der Waals surface area contributed by atoms with Crippen LogP contribution in [0, 0.1) is 0 Å². The van der Waals surface area contributed by atoms with Crippen LogP contribution in [0.15, 0.2) is 10.4 Å². The average Bonchev–Trinajstić information content (AvgIpc) is 3.16. The Balaban J connectivity index is 0.00000312. The Labute approximate surface area is 178 Å². The first-order valence-electron chi connectivity index (χ1n) is 8.95. The second-order valence-corrected chi connectivity index (χ2v) is 9.48. The van der Waals surface area contributed by atoms with Crippen LogP contribution in [0.5, 0.6) is 0 Å². The molecule has 2 unspecified atom stereocenters. The summed E-state index contributed by atoms with van der Waals surface area (Å²) < 4.78 is 0. The number of nitrogens with zero attached hydrogens (tertiary/aromatic N) is 2. The molecular formula is C18H33IN4S2. The predicted octanol–water partition coefficient (Wildman–Crippen LogP) is 4.44. The molecule has 1 heterocycles. The lowest BCUT2D eigenvalue weighted by molar-refractivity contribution is 0.570. The van der Waals surface area contributed by atoms with E-state index in [0.717, 1.165) is 30.7 Å². The van der Waals surface area contributed by atoms with E-state index in [1.54, 1.807) is 11.3 Å². The number of hydrogen-bond acceptors (Lipinski definition) is 4. The molecule has 1 aliphatic carbocycles. The summed E-state index contributed by atoms with van der Waals surface area (Å²) in [6.45, 7) is 10.4. The smallest absolute Gasteiger partial charge is 0.191 e. The molecular weight excluding hydrogens is 463 g/mol. The number of rotatable bonds is 6. The quantitative estimate of drug-likeness (QED) is 0.347. The highest BCUT2D eigenvalue weighted by Gasteiger charge is 2.24. The standard InChI is InChI=1S/C18H32N4S2.HI/c1-6-19-17(21-13-7-8-14(11-13)23-5)20-10-9-16-22-15(12-24-16)18(2,3)4;/h12-14H,6-11H2,1-5H3,(H2,19,20,21);1H. The molecule has 4 nitrogen and oxygen atoms in total. The van der Waals surface area contributed by atoms with Gasteiger partial charge in [0.1, 0.15) is 0 Å². The van der Waals surface area contributed by atoms with E-state index in [1.165, 1.54) is 30.0 Å². The maximum atomic E-state index is 4.75. The zero-order valence-corrected chi connectivity index (χ0v) is 20.1. The Hall–Kier alpha value is -0.0200. The van der Waals surface area contributed by atoms with E-state index in [0.29, 0.717) is 6.04 Å². The molecule has 0 spiro atoms. The average molecular weight is 497 g/mol. The lowest BCUT2D eigenvalue weighted by Crippen LogP contribution is -2.42. The van der Waals surface area contributed by atoms with Crippen LogP contribution in [-0.2, 0) is 11.8 Å². The van der Waals surface area contributed by atoms with Gasteiger partial charge in [0.05, 0.1) is 10.7 Å². The number of halogens is 1. The monoisotopic (exact) mass is 496 g/mol. The second kappa shape index (κ2) is 11.0. The normalized spacial score (nSPS) is 21.1. The molecule has 0 aromatic carbocycles. The molecule has 1 fully saturated rings. The first-order valence-corrected chi connectivity index (χ1v) is 11.1. The lowest BCUT2D eigenvalue weighted by Gasteiger charge is -2.17. The summed E-state index contributed by atoms with van der Waals surface area (Å²) in [5.74, 6) is 0.955. The summed E-state index contributed by atoms with van der Waals surface area (Å²) in [6, 6.07) is 0.563. The number of thiazole rings is 1. The highest BCUT2D eigenvalue weighted by molar-refractivity contribution is 14.0. The van der Waals surface area contributed by atoms with Gasteiger partial charge < -0.3 is 10.6 Å². The predicted molar refractivity (Wildman–Crippen MR) is 124 cm³/mol. The van der Waals surface area contributed by atoms with Gasteiger partial charge in [-0.15, -0.1) is 35.3 Å². The van der Waals surface area contributed by atoms with Crippen molar-refractivity contribution in [2.45, 2.75) is 70.1 Å². The van der Waals surface area contributed by atoms with Crippen LogP contribution >= 0.6 is 47.1 Å². The summed E-state index contributed by atoms with van der Waals surface area (Å²) in [5.41, 5.74) is 1.32. The van der Waals surface area contributed by atoms with Gasteiger partial charge in [0, 0.05) is 41.6 Å². The molecule has 1 aromatic rings. The molecule has 0 amide bonds. The largest absolute Gasteiger partial charge is 0.357 e. The third kappa shape index (κ3) is 7.62. The summed E-state index contributed by atoms with van der Waals surface area (Å²) in [6.07, 6.45) is 6.93. The minimum atomic E-state index is 0. The van der Waals surface area contributed by atoms with Crippen LogP contribution in [0.1, 0.15) is 57.7 Å². The van der Waals surface area contributed by atoms with Crippen molar-refractivity contribution in [2.75, 3.05) is 19.3 Å². The van der Waals surface area contributed by atoms with Crippen LogP contribution in [0.3, 0.4) is 0 Å². The first kappa shape index (κ1) is 23.0. The minimum absolute atomic E-state index is 0. The van der Waals surface area contributed by atoms with Crippen molar-refractivity contribution in [1.82, 2.24) is 15.6 Å². The number of guanidine groups is 1. The van der Waals surface area contributed by atoms with E-state index in [1.807, 2.05) is 11.8 Å². The number of thioether (sulfide) groups is 1. The fourth-order valence-electron chi connectivity index (χ4n) is 2.83. The molecule has 1 saturated carbocycles. The van der Waals surface area contributed by atoms with Crippen molar-refractivity contribution in [2.24, 2.45) is 4.99 Å². The summed E-state index contributed by atoms with van der Waals surface area (Å²) in [5, 5.41) is 11.1. The van der Waals surface area contributed by atoms with Crippen LogP contribution in [-0.4, -0.2) is 41.6 Å². The van der Waals surface area contributed by atoms with Gasteiger partial charge in [-0.25, -0.2) is 4.98 Å². The third-order valence-corrected chi connectivity index (χ3v) is 6.32. The molecule has 25 heavy (non-hydrogen) atoms. The second-order valence-electron chi connectivity index (χ2n) is 7.40. The molecule has 144 valence electrons. The van der Waals surface area contributed by atoms with E-state index in [4.69, 9.17) is 9.98 Å². The molecule has 1 aromatic heterocycles. The Kier molecular flexibility index (Phi) is 10.1. The van der Waals surface area contributed by atoms with Crippen LogP contribution in [0.4, 0.5) is 0 Å². The van der Waals surface area contributed by atoms with E-state index < -0.39 is 0 Å². The van der Waals surface area contributed by atoms with Gasteiger partial charge in [-0.05, 0) is 32.4 Å². The van der Waals surface area contributed by atoms with Gasteiger partial charge in [-0.3, -0.25) is 4.99 Å². The van der Waals surface area contributed by atoms with Gasteiger partial charge in [-0.2, -0.15) is 11.8 Å². The van der Waals surface area contributed by atoms with E-state index in [-0.39, 0.29) is 29.4 Å². The van der Waals surface area contributed by atoms with Crippen molar-refractivity contribution in [3.05, 3.63) is 16.1 Å². The number of aromatic nitrogens is 1. The Morgan fingerprint density at radius 3 is 2.72 bits per heavy atom. The summed E-state index contributed by atoms with van der Waals surface area (Å²) >= 11 is 3.74. The van der Waals surface area contributed by atoms with E-state index in [2.05, 4.69) is 50.0 Å². The fraction of sp³-hybridized carbons (Fsp3) is 0.778. The van der Waals surface area contributed by atoms with Crippen molar-refractivity contribution >= 4 is 53.0 Å². The zero-order valence-electron chi connectivity index (χ0n) is 16.1. The Morgan fingerprint density at radius 2 is 2.16 bits per heavy atom. The highest BCUT2D eigenvalue weighted by Crippen LogP contribution is 2.28. The van der Waals surface area contributed by atoms with Gasteiger partial charge in [0.25, 0.3) is 0 Å². The molecule has 2 rings (SSSR count). The van der Waals surface area contributed by atoms with Gasteiger partial charge in [0.2, 0.25) is 0 Å². The molecule has 2 atom stereocenters. The number of hydrogen-bond donors (Lipinski definition) is 2. The molecule has 0 saturated heterocycles. The van der Waals surface area contributed by atoms with Crippen molar-refractivity contribution in [3.8, 4) is 0 Å². The van der Waals surface area contributed by atoms with Crippen LogP contribution in [0.2, 0.25) is 0 Å². The topological polar surface area (TPSA) is 49.3 Å². The van der Waals surface area contributed by atoms with Crippen molar-refractivity contribution in [3.63, 3.8) is 0 Å². The van der Waals surface area contributed by atoms with Crippen LogP contribution < -0.4 is 10.6 Å². The summed E-state index contributed by atoms with van der Waals surface area (Å²) in [7, 11) is 0. The first-order chi connectivity index (χ1) is 11.4. The SMILES string of the molecule is CCNC(=NCCc1nc(C(C)(C)C)cs1)NC1CCC(SC)C1.I. The number of aliphatic imine (C=N–C) groups is 1. The van der Waals surface area contributed by atoms with Crippen LogP contribution in [0.25, 0.3) is 0 Å². The summed E-state index contributed by atoms with van der Waals surface area (Å²) in [4.78, 5) is 9.50. The van der Waals surface area contributed by atoms with Gasteiger partial charge in [0.15, 0.2) is 5.96 Å². The minimum Gasteiger partial charge on any atom is -0.357 e. The lowest BCUT2D eigenvalue weighted by atomic mass is 9.93. The Bertz CT molecular complexity index is 539. The fourth-order valence-corrected chi connectivity index (χ4v) is 4.64. The molecule has 2 N–H and O–H groups in total. The number of nitrogens with one attached hydrogen (secondary N) is 2. The van der Waals surface area contributed by atoms with Gasteiger partial charge >= 0.3 is 0 Å². The molecule has 0 radical (unpaired) electrons. The Morgan fingerprint density at radius 1 is 1.40 bits per heavy atom. The maximum absolute atomic E-state index is 4.75. The third-order valence-electron chi connectivity index (χ3n) is 4.32. The maximum Gasteiger partial charge on any atom is 0.191 e.